The first-order chi connectivity index (χ1) is 22.6. The minimum Gasteiger partial charge on any atom is -0.367 e. The maximum absolute atomic E-state index is 15.1. The summed E-state index contributed by atoms with van der Waals surface area (Å²) < 4.78 is 112. The predicted molar refractivity (Wildman–Crippen MR) is 163 cm³/mol. The molecule has 0 aliphatic carbocycles. The number of alkyl halides is 6. The number of hydrogen-bond donors (Lipinski definition) is 1. The van der Waals surface area contributed by atoms with Crippen LogP contribution in [0.5, 0.6) is 0 Å². The zero-order valence-corrected chi connectivity index (χ0v) is 26.1. The summed E-state index contributed by atoms with van der Waals surface area (Å²) in [6.45, 7) is 1.61. The molecule has 252 valence electrons. The van der Waals surface area contributed by atoms with Crippen LogP contribution in [0.4, 0.5) is 46.9 Å². The van der Waals surface area contributed by atoms with E-state index < -0.39 is 51.2 Å². The van der Waals surface area contributed by atoms with Gasteiger partial charge in [-0.3, -0.25) is 9.69 Å². The molecule has 2 heterocycles. The van der Waals surface area contributed by atoms with Crippen LogP contribution in [-0.2, 0) is 20.3 Å². The maximum atomic E-state index is 15.1. The van der Waals surface area contributed by atoms with Crippen LogP contribution < -0.4 is 10.2 Å². The minimum atomic E-state index is -4.92. The zero-order valence-electron chi connectivity index (χ0n) is 24.5. The Morgan fingerprint density at radius 2 is 1.77 bits per heavy atom. The van der Waals surface area contributed by atoms with Gasteiger partial charge in [0.2, 0.25) is 5.91 Å². The second-order valence-corrected chi connectivity index (χ2v) is 12.4. The van der Waals surface area contributed by atoms with Gasteiger partial charge in [-0.15, -0.1) is 5.10 Å². The number of ether oxygens (including phenoxy) is 1. The summed E-state index contributed by atoms with van der Waals surface area (Å²) in [5.41, 5.74) is -4.81. The number of nitrogens with zero attached hydrogens (tertiary/aromatic N) is 5. The molecule has 10 nitrogen and oxygen atoms in total. The molecule has 1 aliphatic rings. The predicted octanol–water partition coefficient (Wildman–Crippen LogP) is 6.93. The Hall–Kier alpha value is -4.62. The standard InChI is InChI=1S/C29H21F7N6O4S2/c1-15-3-9-19(24(46-2)28(31,32)33)22(11-15)42-23(43)13-47-27(42)39-26(44)38-21-10-4-16(12-20(21)30)25-37-14-41(40-25)17-5-7-18(8-6-17)48(45)29(34,35)36/h3-12,14,24H,13H2,1-2H3,(H,38,44)/b39-27-. The van der Waals surface area contributed by atoms with Crippen molar-refractivity contribution < 1.29 is 49.3 Å². The van der Waals surface area contributed by atoms with Gasteiger partial charge in [0.1, 0.15) is 12.1 Å². The largest absolute Gasteiger partial charge is 0.475 e. The smallest absolute Gasteiger partial charge is 0.367 e. The molecular formula is C29H21F7N6O4S2. The number of rotatable bonds is 7. The highest BCUT2D eigenvalue weighted by atomic mass is 32.2. The molecule has 1 saturated heterocycles. The molecule has 5 rings (SSSR count). The summed E-state index contributed by atoms with van der Waals surface area (Å²) in [4.78, 5) is 33.9. The van der Waals surface area contributed by atoms with Gasteiger partial charge in [-0.2, -0.15) is 31.3 Å². The van der Waals surface area contributed by atoms with Crippen molar-refractivity contribution in [1.29, 1.82) is 0 Å². The Balaban J connectivity index is 1.34. The third-order valence-electron chi connectivity index (χ3n) is 6.69. The third-order valence-corrected chi connectivity index (χ3v) is 8.74. The van der Waals surface area contributed by atoms with Crippen molar-refractivity contribution in [1.82, 2.24) is 14.8 Å². The van der Waals surface area contributed by atoms with Crippen molar-refractivity contribution in [2.45, 2.75) is 29.6 Å². The van der Waals surface area contributed by atoms with Crippen molar-refractivity contribution in [3.8, 4) is 17.1 Å². The average molecular weight is 715 g/mol. The Bertz CT molecular complexity index is 1930. The molecule has 48 heavy (non-hydrogen) atoms. The molecule has 1 fully saturated rings. The van der Waals surface area contributed by atoms with Gasteiger partial charge in [0.05, 0.1) is 22.8 Å². The molecule has 2 unspecified atom stereocenters. The summed E-state index contributed by atoms with van der Waals surface area (Å²) in [6, 6.07) is 10.9. The third kappa shape index (κ3) is 7.42. The molecule has 3 aromatic carbocycles. The van der Waals surface area contributed by atoms with E-state index in [-0.39, 0.29) is 44.9 Å². The highest BCUT2D eigenvalue weighted by Gasteiger charge is 2.44. The lowest BCUT2D eigenvalue weighted by molar-refractivity contribution is -0.215. The Kier molecular flexibility index (Phi) is 9.74. The second kappa shape index (κ2) is 13.5. The van der Waals surface area contributed by atoms with Crippen LogP contribution in [0.1, 0.15) is 17.2 Å². The molecule has 0 saturated carbocycles. The number of hydrogen-bond acceptors (Lipinski definition) is 7. The van der Waals surface area contributed by atoms with Gasteiger partial charge in [0.25, 0.3) is 0 Å². The number of aryl methyl sites for hydroxylation is 1. The lowest BCUT2D eigenvalue weighted by atomic mass is 10.0. The number of halogens is 7. The van der Waals surface area contributed by atoms with E-state index in [1.807, 2.05) is 0 Å². The van der Waals surface area contributed by atoms with E-state index in [2.05, 4.69) is 25.1 Å². The number of carbonyl (C=O) groups excluding carboxylic acids is 2. The van der Waals surface area contributed by atoms with E-state index in [1.54, 1.807) is 6.92 Å². The van der Waals surface area contributed by atoms with Crippen molar-refractivity contribution in [2.24, 2.45) is 4.99 Å². The van der Waals surface area contributed by atoms with Crippen molar-refractivity contribution in [2.75, 3.05) is 23.1 Å². The van der Waals surface area contributed by atoms with Crippen LogP contribution in [-0.4, -0.2) is 60.6 Å². The molecule has 4 aromatic rings. The molecule has 3 amide bonds. The summed E-state index contributed by atoms with van der Waals surface area (Å²) >= 11 is 0.807. The van der Waals surface area contributed by atoms with Gasteiger partial charge in [0, 0.05) is 23.1 Å². The number of aliphatic imine (C=N–C) groups is 1. The van der Waals surface area contributed by atoms with Crippen LogP contribution >= 0.6 is 11.8 Å². The summed E-state index contributed by atoms with van der Waals surface area (Å²) in [5.74, 6) is -1.76. The van der Waals surface area contributed by atoms with E-state index >= 15 is 4.39 Å². The SMILES string of the molecule is COC(c1ccc(C)cc1N1C(=O)CS/C1=N\C(=O)Nc1ccc(-c2ncn(-c3ccc(S(=O)C(F)(F)F)cc3)n2)cc1F)C(F)(F)F. The number of benzene rings is 3. The number of methoxy groups -OCH3 is 1. The highest BCUT2D eigenvalue weighted by Crippen LogP contribution is 2.42. The number of nitrogens with one attached hydrogen (secondary N) is 1. The molecule has 0 bridgehead atoms. The molecule has 1 N–H and O–H groups in total. The quantitative estimate of drug-likeness (QED) is 0.207. The van der Waals surface area contributed by atoms with Crippen LogP contribution in [0.15, 0.2) is 76.9 Å². The molecular weight excluding hydrogens is 693 g/mol. The fourth-order valence-electron chi connectivity index (χ4n) is 4.55. The van der Waals surface area contributed by atoms with Crippen molar-refractivity contribution in [3.05, 3.63) is 83.9 Å². The lowest BCUT2D eigenvalue weighted by Gasteiger charge is -2.26. The van der Waals surface area contributed by atoms with E-state index in [4.69, 9.17) is 0 Å². The van der Waals surface area contributed by atoms with E-state index in [1.165, 1.54) is 53.5 Å². The monoisotopic (exact) mass is 714 g/mol. The number of anilines is 2. The number of amides is 3. The van der Waals surface area contributed by atoms with Crippen molar-refractivity contribution >= 4 is 51.0 Å². The lowest BCUT2D eigenvalue weighted by Crippen LogP contribution is -2.33. The highest BCUT2D eigenvalue weighted by molar-refractivity contribution is 8.15. The molecule has 1 aliphatic heterocycles. The van der Waals surface area contributed by atoms with Gasteiger partial charge in [0.15, 0.2) is 27.9 Å². The Labute approximate surface area is 273 Å². The van der Waals surface area contributed by atoms with Gasteiger partial charge < -0.3 is 10.1 Å². The molecule has 19 heteroatoms. The number of thioether (sulfide) groups is 1. The zero-order chi connectivity index (χ0) is 35.0. The number of carbonyl (C=O) groups is 2. The Morgan fingerprint density at radius 3 is 2.40 bits per heavy atom. The normalized spacial score (nSPS) is 16.0. The van der Waals surface area contributed by atoms with Gasteiger partial charge in [-0.1, -0.05) is 23.9 Å². The number of amidine groups is 1. The van der Waals surface area contributed by atoms with Crippen LogP contribution in [0.3, 0.4) is 0 Å². The first-order valence-corrected chi connectivity index (χ1v) is 15.6. The van der Waals surface area contributed by atoms with E-state index in [0.29, 0.717) is 5.56 Å². The maximum Gasteiger partial charge on any atom is 0.475 e. The summed E-state index contributed by atoms with van der Waals surface area (Å²) in [5, 5.41) is 6.18. The Morgan fingerprint density at radius 1 is 1.06 bits per heavy atom. The van der Waals surface area contributed by atoms with Crippen molar-refractivity contribution in [3.63, 3.8) is 0 Å². The van der Waals surface area contributed by atoms with Crippen LogP contribution in [0.2, 0.25) is 0 Å². The van der Waals surface area contributed by atoms with Crippen LogP contribution in [0.25, 0.3) is 17.1 Å². The van der Waals surface area contributed by atoms with Gasteiger partial charge in [-0.05, 0) is 61.0 Å². The minimum absolute atomic E-state index is 0.0219. The first kappa shape index (κ1) is 34.7. The molecule has 1 aromatic heterocycles. The molecule has 0 radical (unpaired) electrons. The molecule has 0 spiro atoms. The van der Waals surface area contributed by atoms with Gasteiger partial charge >= 0.3 is 17.7 Å². The molecule has 2 atom stereocenters. The first-order valence-electron chi connectivity index (χ1n) is 13.4. The number of aromatic nitrogens is 3. The summed E-state index contributed by atoms with van der Waals surface area (Å²) in [7, 11) is -2.33. The number of urea groups is 1. The van der Waals surface area contributed by atoms with E-state index in [9.17, 15) is 40.1 Å². The van der Waals surface area contributed by atoms with Gasteiger partial charge in [-0.25, -0.2) is 23.1 Å². The average Bonchev–Trinajstić information content (AvgIpc) is 3.65. The fraction of sp³-hybridized carbons (Fsp3) is 0.207. The topological polar surface area (TPSA) is 119 Å². The second-order valence-electron chi connectivity index (χ2n) is 9.98. The van der Waals surface area contributed by atoms with E-state index in [0.717, 1.165) is 42.0 Å². The summed E-state index contributed by atoms with van der Waals surface area (Å²) in [6.07, 6.45) is -5.95. The van der Waals surface area contributed by atoms with Crippen LogP contribution in [0, 0.1) is 12.7 Å². The fourth-order valence-corrected chi connectivity index (χ4v) is 6.06.